The van der Waals surface area contributed by atoms with Crippen molar-refractivity contribution < 1.29 is 22.3 Å². The number of rotatable bonds is 6. The Bertz CT molecular complexity index is 1020. The zero-order valence-electron chi connectivity index (χ0n) is 16.8. The fourth-order valence-corrected chi connectivity index (χ4v) is 4.98. The molecule has 0 radical (unpaired) electrons. The van der Waals surface area contributed by atoms with Crippen molar-refractivity contribution in [2.75, 3.05) is 32.8 Å². The number of carbonyl (C=O) groups excluding carboxylic acids is 1. The number of sulfonamides is 1. The van der Waals surface area contributed by atoms with E-state index in [1.54, 1.807) is 4.90 Å². The fourth-order valence-electron chi connectivity index (χ4n) is 3.28. The Morgan fingerprint density at radius 2 is 1.80 bits per heavy atom. The van der Waals surface area contributed by atoms with Crippen molar-refractivity contribution in [3.63, 3.8) is 0 Å². The number of nitrogens with zero attached hydrogens (tertiary/aromatic N) is 2. The molecule has 9 heteroatoms. The lowest BCUT2D eigenvalue weighted by Gasteiger charge is -2.34. The molecule has 3 rings (SSSR count). The summed E-state index contributed by atoms with van der Waals surface area (Å²) in [6, 6.07) is 10.9. The van der Waals surface area contributed by atoms with Crippen molar-refractivity contribution in [3.05, 3.63) is 58.9 Å². The van der Waals surface area contributed by atoms with E-state index in [1.807, 2.05) is 24.3 Å². The number of carbonyl (C=O) groups is 1. The van der Waals surface area contributed by atoms with Gasteiger partial charge >= 0.3 is 0 Å². The minimum Gasteiger partial charge on any atom is -0.483 e. The summed E-state index contributed by atoms with van der Waals surface area (Å²) in [5.41, 5.74) is 1.03. The first-order valence-electron chi connectivity index (χ1n) is 9.65. The van der Waals surface area contributed by atoms with Crippen molar-refractivity contribution in [2.24, 2.45) is 0 Å². The molecular weight excluding hydrogens is 431 g/mol. The summed E-state index contributed by atoms with van der Waals surface area (Å²) in [6.45, 7) is 4.79. The minimum atomic E-state index is -3.81. The summed E-state index contributed by atoms with van der Waals surface area (Å²) in [4.78, 5) is 14.1. The third kappa shape index (κ3) is 4.94. The number of para-hydroxylation sites is 1. The predicted octanol–water partition coefficient (Wildman–Crippen LogP) is 3.51. The number of hydrogen-bond donors (Lipinski definition) is 0. The zero-order chi connectivity index (χ0) is 21.9. The summed E-state index contributed by atoms with van der Waals surface area (Å²) in [7, 11) is -3.81. The van der Waals surface area contributed by atoms with E-state index in [-0.39, 0.29) is 54.5 Å². The number of amides is 1. The maximum absolute atomic E-state index is 13.3. The molecule has 6 nitrogen and oxygen atoms in total. The topological polar surface area (TPSA) is 66.9 Å². The van der Waals surface area contributed by atoms with Crippen molar-refractivity contribution in [2.45, 2.75) is 24.7 Å². The molecule has 1 amide bonds. The molecular formula is C21H24ClFN2O4S. The lowest BCUT2D eigenvalue weighted by atomic mass is 10.0. The molecule has 1 heterocycles. The molecule has 30 heavy (non-hydrogen) atoms. The van der Waals surface area contributed by atoms with Crippen LogP contribution in [-0.2, 0) is 14.8 Å². The summed E-state index contributed by atoms with van der Waals surface area (Å²) in [6.07, 6.45) is 0. The average molecular weight is 455 g/mol. The van der Waals surface area contributed by atoms with Crippen LogP contribution in [0.5, 0.6) is 5.75 Å². The fraction of sp³-hybridized carbons (Fsp3) is 0.381. The standard InChI is InChI=1S/C21H24ClFN2O4S/c1-15(2)17-5-3-4-6-20(17)29-14-21(26)24-9-11-25(12-10-24)30(27,28)16-7-8-19(23)18(22)13-16/h3-8,13,15H,9-12,14H2,1-2H3. The molecule has 0 unspecified atom stereocenters. The second-order valence-corrected chi connectivity index (χ2v) is 9.69. The van der Waals surface area contributed by atoms with Gasteiger partial charge in [0.2, 0.25) is 10.0 Å². The highest BCUT2D eigenvalue weighted by atomic mass is 35.5. The first-order valence-corrected chi connectivity index (χ1v) is 11.5. The van der Waals surface area contributed by atoms with Gasteiger partial charge in [-0.25, -0.2) is 12.8 Å². The van der Waals surface area contributed by atoms with Crippen LogP contribution in [0.15, 0.2) is 47.4 Å². The summed E-state index contributed by atoms with van der Waals surface area (Å²) in [5.74, 6) is 0.0702. The Labute approximate surface area is 181 Å². The molecule has 1 aliphatic rings. The molecule has 162 valence electrons. The second kappa shape index (κ2) is 9.32. The lowest BCUT2D eigenvalue weighted by molar-refractivity contribution is -0.134. The summed E-state index contributed by atoms with van der Waals surface area (Å²) < 4.78 is 45.9. The highest BCUT2D eigenvalue weighted by Crippen LogP contribution is 2.26. The van der Waals surface area contributed by atoms with Gasteiger partial charge in [0, 0.05) is 26.2 Å². The molecule has 0 atom stereocenters. The number of halogens is 2. The molecule has 2 aromatic carbocycles. The molecule has 0 saturated carbocycles. The van der Waals surface area contributed by atoms with Gasteiger partial charge in [0.15, 0.2) is 6.61 Å². The van der Waals surface area contributed by atoms with Gasteiger partial charge in [-0.15, -0.1) is 0 Å². The van der Waals surface area contributed by atoms with Crippen molar-refractivity contribution in [3.8, 4) is 5.75 Å². The van der Waals surface area contributed by atoms with E-state index < -0.39 is 15.8 Å². The van der Waals surface area contributed by atoms with Crippen LogP contribution in [0.3, 0.4) is 0 Å². The molecule has 1 aliphatic heterocycles. The van der Waals surface area contributed by atoms with Crippen LogP contribution >= 0.6 is 11.6 Å². The molecule has 0 N–H and O–H groups in total. The monoisotopic (exact) mass is 454 g/mol. The molecule has 1 saturated heterocycles. The van der Waals surface area contributed by atoms with Crippen molar-refractivity contribution >= 4 is 27.5 Å². The third-order valence-electron chi connectivity index (χ3n) is 5.01. The Balaban J connectivity index is 1.58. The second-order valence-electron chi connectivity index (χ2n) is 7.34. The Morgan fingerprint density at radius 3 is 2.43 bits per heavy atom. The number of hydrogen-bond acceptors (Lipinski definition) is 4. The largest absolute Gasteiger partial charge is 0.483 e. The van der Waals surface area contributed by atoms with E-state index in [0.29, 0.717) is 5.75 Å². The Morgan fingerprint density at radius 1 is 1.13 bits per heavy atom. The predicted molar refractivity (Wildman–Crippen MR) is 113 cm³/mol. The average Bonchev–Trinajstić information content (AvgIpc) is 2.74. The molecule has 0 spiro atoms. The van der Waals surface area contributed by atoms with Crippen LogP contribution in [0, 0.1) is 5.82 Å². The van der Waals surface area contributed by atoms with E-state index >= 15 is 0 Å². The number of benzene rings is 2. The Hall–Kier alpha value is -2.16. The van der Waals surface area contributed by atoms with Gasteiger partial charge in [-0.1, -0.05) is 43.6 Å². The van der Waals surface area contributed by atoms with Crippen LogP contribution < -0.4 is 4.74 Å². The highest BCUT2D eigenvalue weighted by molar-refractivity contribution is 7.89. The van der Waals surface area contributed by atoms with Crippen LogP contribution in [0.2, 0.25) is 5.02 Å². The quantitative estimate of drug-likeness (QED) is 0.669. The first kappa shape index (κ1) is 22.5. The smallest absolute Gasteiger partial charge is 0.260 e. The molecule has 0 aliphatic carbocycles. The van der Waals surface area contributed by atoms with Crippen LogP contribution in [0.25, 0.3) is 0 Å². The van der Waals surface area contributed by atoms with E-state index in [2.05, 4.69) is 13.8 Å². The van der Waals surface area contributed by atoms with Crippen LogP contribution in [0.4, 0.5) is 4.39 Å². The van der Waals surface area contributed by atoms with Gasteiger partial charge in [0.1, 0.15) is 11.6 Å². The van der Waals surface area contributed by atoms with E-state index in [1.165, 1.54) is 10.4 Å². The molecule has 2 aromatic rings. The van der Waals surface area contributed by atoms with E-state index in [4.69, 9.17) is 16.3 Å². The van der Waals surface area contributed by atoms with Crippen LogP contribution in [-0.4, -0.2) is 56.3 Å². The van der Waals surface area contributed by atoms with E-state index in [0.717, 1.165) is 17.7 Å². The van der Waals surface area contributed by atoms with E-state index in [9.17, 15) is 17.6 Å². The number of piperazine rings is 1. The van der Waals surface area contributed by atoms with Gasteiger partial charge in [-0.3, -0.25) is 4.79 Å². The lowest BCUT2D eigenvalue weighted by Crippen LogP contribution is -2.51. The van der Waals surface area contributed by atoms with Gasteiger partial charge in [0.25, 0.3) is 5.91 Å². The minimum absolute atomic E-state index is 0.0673. The van der Waals surface area contributed by atoms with Crippen molar-refractivity contribution in [1.82, 2.24) is 9.21 Å². The van der Waals surface area contributed by atoms with Gasteiger partial charge in [-0.05, 0) is 35.7 Å². The van der Waals surface area contributed by atoms with Gasteiger partial charge < -0.3 is 9.64 Å². The van der Waals surface area contributed by atoms with Gasteiger partial charge in [-0.2, -0.15) is 4.31 Å². The highest BCUT2D eigenvalue weighted by Gasteiger charge is 2.30. The maximum atomic E-state index is 13.3. The molecule has 1 fully saturated rings. The SMILES string of the molecule is CC(C)c1ccccc1OCC(=O)N1CCN(S(=O)(=O)c2ccc(F)c(Cl)c2)CC1. The molecule has 0 bridgehead atoms. The number of ether oxygens (including phenoxy) is 1. The zero-order valence-corrected chi connectivity index (χ0v) is 18.4. The molecule has 0 aromatic heterocycles. The normalized spacial score (nSPS) is 15.4. The maximum Gasteiger partial charge on any atom is 0.260 e. The summed E-state index contributed by atoms with van der Waals surface area (Å²) in [5, 5.41) is -0.247. The first-order chi connectivity index (χ1) is 14.2. The van der Waals surface area contributed by atoms with Crippen molar-refractivity contribution in [1.29, 1.82) is 0 Å². The van der Waals surface area contributed by atoms with Crippen LogP contribution in [0.1, 0.15) is 25.3 Å². The third-order valence-corrected chi connectivity index (χ3v) is 7.20. The summed E-state index contributed by atoms with van der Waals surface area (Å²) >= 11 is 5.71. The Kier molecular flexibility index (Phi) is 7.00. The van der Waals surface area contributed by atoms with Gasteiger partial charge in [0.05, 0.1) is 9.92 Å².